The van der Waals surface area contributed by atoms with Crippen molar-refractivity contribution in [3.8, 4) is 6.07 Å². The molecule has 1 rings (SSSR count). The first-order chi connectivity index (χ1) is 7.15. The van der Waals surface area contributed by atoms with Crippen LogP contribution in [0.25, 0.3) is 0 Å². The predicted octanol–water partition coefficient (Wildman–Crippen LogP) is 3.19. The first kappa shape index (κ1) is 12.5. The summed E-state index contributed by atoms with van der Waals surface area (Å²) in [6.07, 6.45) is 6.26. The topological polar surface area (TPSA) is 27.0 Å². The van der Waals surface area contributed by atoms with E-state index in [2.05, 4.69) is 31.7 Å². The molecule has 2 atom stereocenters. The third-order valence-electron chi connectivity index (χ3n) is 4.06. The molecule has 0 aliphatic carbocycles. The summed E-state index contributed by atoms with van der Waals surface area (Å²) < 4.78 is 0. The van der Waals surface area contributed by atoms with Crippen LogP contribution in [-0.2, 0) is 0 Å². The molecule has 15 heavy (non-hydrogen) atoms. The number of hydrogen-bond donors (Lipinski definition) is 0. The van der Waals surface area contributed by atoms with E-state index in [4.69, 9.17) is 0 Å². The van der Waals surface area contributed by atoms with Gasteiger partial charge >= 0.3 is 0 Å². The molecular formula is C13H24N2. The van der Waals surface area contributed by atoms with E-state index in [1.807, 2.05) is 0 Å². The number of nitriles is 1. The summed E-state index contributed by atoms with van der Waals surface area (Å²) in [7, 11) is 0. The van der Waals surface area contributed by atoms with Gasteiger partial charge in [-0.25, -0.2) is 0 Å². The smallest absolute Gasteiger partial charge is 0.108 e. The lowest BCUT2D eigenvalue weighted by Crippen LogP contribution is -2.50. The molecule has 0 saturated carbocycles. The van der Waals surface area contributed by atoms with Crippen LogP contribution in [0.1, 0.15) is 52.9 Å². The van der Waals surface area contributed by atoms with Gasteiger partial charge in [0, 0.05) is 0 Å². The van der Waals surface area contributed by atoms with Crippen molar-refractivity contribution in [3.05, 3.63) is 0 Å². The van der Waals surface area contributed by atoms with Crippen LogP contribution in [0.2, 0.25) is 0 Å². The summed E-state index contributed by atoms with van der Waals surface area (Å²) >= 11 is 0. The maximum Gasteiger partial charge on any atom is 0.108 e. The molecular weight excluding hydrogens is 184 g/mol. The Bertz CT molecular complexity index is 223. The Labute approximate surface area is 94.3 Å². The van der Waals surface area contributed by atoms with Crippen molar-refractivity contribution in [2.75, 3.05) is 13.1 Å². The third kappa shape index (κ3) is 2.72. The molecule has 1 fully saturated rings. The molecule has 0 bridgehead atoms. The van der Waals surface area contributed by atoms with Crippen LogP contribution in [0.5, 0.6) is 0 Å². The predicted molar refractivity (Wildman–Crippen MR) is 63.5 cm³/mol. The van der Waals surface area contributed by atoms with E-state index in [0.717, 1.165) is 19.5 Å². The minimum Gasteiger partial charge on any atom is -0.286 e. The van der Waals surface area contributed by atoms with E-state index in [9.17, 15) is 5.26 Å². The molecule has 1 aliphatic heterocycles. The van der Waals surface area contributed by atoms with Crippen molar-refractivity contribution < 1.29 is 0 Å². The van der Waals surface area contributed by atoms with Gasteiger partial charge in [-0.05, 0) is 38.8 Å². The molecule has 2 nitrogen and oxygen atoms in total. The van der Waals surface area contributed by atoms with Gasteiger partial charge in [-0.15, -0.1) is 0 Å². The molecule has 0 aromatic rings. The van der Waals surface area contributed by atoms with Gasteiger partial charge in [0.25, 0.3) is 0 Å². The Morgan fingerprint density at radius 1 is 1.27 bits per heavy atom. The van der Waals surface area contributed by atoms with Crippen molar-refractivity contribution in [1.82, 2.24) is 4.90 Å². The van der Waals surface area contributed by atoms with Crippen LogP contribution >= 0.6 is 0 Å². The fraction of sp³-hybridized carbons (Fsp3) is 0.923. The minimum absolute atomic E-state index is 0.251. The van der Waals surface area contributed by atoms with Crippen LogP contribution in [0.4, 0.5) is 0 Å². The maximum atomic E-state index is 9.44. The standard InChI is InChI=1S/C13H24N2/c1-4-12(2)13(3,11-14)15-9-7-5-6-8-10-15/h12H,4-10H2,1-3H3. The highest BCUT2D eigenvalue weighted by Crippen LogP contribution is 2.28. The van der Waals surface area contributed by atoms with E-state index in [-0.39, 0.29) is 5.54 Å². The molecule has 0 aromatic heterocycles. The third-order valence-corrected chi connectivity index (χ3v) is 4.06. The summed E-state index contributed by atoms with van der Waals surface area (Å²) in [6, 6.07) is 2.55. The van der Waals surface area contributed by atoms with E-state index in [1.54, 1.807) is 0 Å². The van der Waals surface area contributed by atoms with E-state index < -0.39 is 0 Å². The number of likely N-dealkylation sites (tertiary alicyclic amines) is 1. The average molecular weight is 208 g/mol. The minimum atomic E-state index is -0.251. The average Bonchev–Trinajstić information content (AvgIpc) is 2.55. The fourth-order valence-electron chi connectivity index (χ4n) is 2.43. The SMILES string of the molecule is CCC(C)C(C)(C#N)N1CCCCCC1. The molecule has 2 unspecified atom stereocenters. The fourth-order valence-corrected chi connectivity index (χ4v) is 2.43. The van der Waals surface area contributed by atoms with Crippen LogP contribution in [0.15, 0.2) is 0 Å². The Hall–Kier alpha value is -0.550. The highest BCUT2D eigenvalue weighted by molar-refractivity contribution is 5.08. The van der Waals surface area contributed by atoms with E-state index in [0.29, 0.717) is 5.92 Å². The summed E-state index contributed by atoms with van der Waals surface area (Å²) in [5.41, 5.74) is -0.251. The van der Waals surface area contributed by atoms with Crippen LogP contribution in [0.3, 0.4) is 0 Å². The van der Waals surface area contributed by atoms with Gasteiger partial charge in [0.1, 0.15) is 5.54 Å². The summed E-state index contributed by atoms with van der Waals surface area (Å²) in [4.78, 5) is 2.41. The Balaban J connectivity index is 2.75. The molecule has 0 aromatic carbocycles. The van der Waals surface area contributed by atoms with Gasteiger partial charge in [0.05, 0.1) is 6.07 Å². The molecule has 1 aliphatic rings. The van der Waals surface area contributed by atoms with Gasteiger partial charge in [0.15, 0.2) is 0 Å². The largest absolute Gasteiger partial charge is 0.286 e. The zero-order chi connectivity index (χ0) is 11.3. The van der Waals surface area contributed by atoms with E-state index in [1.165, 1.54) is 25.7 Å². The summed E-state index contributed by atoms with van der Waals surface area (Å²) in [5, 5.41) is 9.44. The second kappa shape index (κ2) is 5.51. The molecule has 0 spiro atoms. The van der Waals surface area contributed by atoms with Crippen LogP contribution < -0.4 is 0 Å². The quantitative estimate of drug-likeness (QED) is 0.712. The lowest BCUT2D eigenvalue weighted by Gasteiger charge is -2.39. The monoisotopic (exact) mass is 208 g/mol. The number of hydrogen-bond acceptors (Lipinski definition) is 2. The van der Waals surface area contributed by atoms with Crippen molar-refractivity contribution in [2.45, 2.75) is 58.4 Å². The van der Waals surface area contributed by atoms with Crippen LogP contribution in [0, 0.1) is 17.2 Å². The van der Waals surface area contributed by atoms with E-state index >= 15 is 0 Å². The zero-order valence-corrected chi connectivity index (χ0v) is 10.4. The number of nitrogens with zero attached hydrogens (tertiary/aromatic N) is 2. The van der Waals surface area contributed by atoms with Gasteiger partial charge in [-0.1, -0.05) is 33.1 Å². The summed E-state index contributed by atoms with van der Waals surface area (Å²) in [5.74, 6) is 0.459. The molecule has 1 saturated heterocycles. The highest BCUT2D eigenvalue weighted by Gasteiger charge is 2.36. The molecule has 86 valence electrons. The van der Waals surface area contributed by atoms with Crippen molar-refractivity contribution >= 4 is 0 Å². The molecule has 0 N–H and O–H groups in total. The molecule has 2 heteroatoms. The van der Waals surface area contributed by atoms with Gasteiger partial charge in [-0.3, -0.25) is 4.90 Å². The molecule has 0 radical (unpaired) electrons. The van der Waals surface area contributed by atoms with Crippen LogP contribution in [-0.4, -0.2) is 23.5 Å². The Morgan fingerprint density at radius 3 is 2.20 bits per heavy atom. The summed E-state index contributed by atoms with van der Waals surface area (Å²) in [6.45, 7) is 8.71. The normalized spacial score (nSPS) is 24.9. The zero-order valence-electron chi connectivity index (χ0n) is 10.4. The number of rotatable bonds is 3. The molecule has 0 amide bonds. The second-order valence-corrected chi connectivity index (χ2v) is 4.97. The van der Waals surface area contributed by atoms with Crippen molar-refractivity contribution in [2.24, 2.45) is 5.92 Å². The second-order valence-electron chi connectivity index (χ2n) is 4.97. The van der Waals surface area contributed by atoms with Crippen molar-refractivity contribution in [3.63, 3.8) is 0 Å². The van der Waals surface area contributed by atoms with Gasteiger partial charge in [-0.2, -0.15) is 5.26 Å². The van der Waals surface area contributed by atoms with Gasteiger partial charge < -0.3 is 0 Å². The Morgan fingerprint density at radius 2 is 1.80 bits per heavy atom. The Kier molecular flexibility index (Phi) is 4.60. The van der Waals surface area contributed by atoms with Crippen molar-refractivity contribution in [1.29, 1.82) is 5.26 Å². The first-order valence-corrected chi connectivity index (χ1v) is 6.31. The van der Waals surface area contributed by atoms with Gasteiger partial charge in [0.2, 0.25) is 0 Å². The maximum absolute atomic E-state index is 9.44. The highest BCUT2D eigenvalue weighted by atomic mass is 15.2. The molecule has 1 heterocycles. The lowest BCUT2D eigenvalue weighted by atomic mass is 9.84. The lowest BCUT2D eigenvalue weighted by molar-refractivity contribution is 0.104. The first-order valence-electron chi connectivity index (χ1n) is 6.31.